The number of amides is 1. The summed E-state index contributed by atoms with van der Waals surface area (Å²) in [6.45, 7) is 2.03. The van der Waals surface area contributed by atoms with Gasteiger partial charge in [-0.2, -0.15) is 0 Å². The molecule has 0 radical (unpaired) electrons. The maximum Gasteiger partial charge on any atom is 0.233 e. The summed E-state index contributed by atoms with van der Waals surface area (Å²) < 4.78 is 23.1. The Balaban J connectivity index is 1.35. The van der Waals surface area contributed by atoms with Gasteiger partial charge in [0.1, 0.15) is 25.2 Å². The fraction of sp³-hybridized carbons (Fsp3) is 0.350. The molecule has 0 bridgehead atoms. The summed E-state index contributed by atoms with van der Waals surface area (Å²) in [6, 6.07) is 13.5. The summed E-state index contributed by atoms with van der Waals surface area (Å²) >= 11 is 1.62. The maximum absolute atomic E-state index is 12.5. The Morgan fingerprint density at radius 3 is 2.63 bits per heavy atom. The Bertz CT molecular complexity index is 873. The molecule has 3 aliphatic heterocycles. The van der Waals surface area contributed by atoms with Crippen LogP contribution in [0, 0.1) is 0 Å². The first-order chi connectivity index (χ1) is 13.3. The number of hydrogen-bond donors (Lipinski definition) is 0. The Morgan fingerprint density at radius 2 is 1.74 bits per heavy atom. The zero-order valence-corrected chi connectivity index (χ0v) is 15.4. The minimum absolute atomic E-state index is 0.0610. The average Bonchev–Trinajstić information content (AvgIpc) is 3.08. The first-order valence-electron chi connectivity index (χ1n) is 8.97. The van der Waals surface area contributed by atoms with E-state index in [0.29, 0.717) is 32.1 Å². The lowest BCUT2D eigenvalue weighted by molar-refractivity contribution is -0.129. The van der Waals surface area contributed by atoms with E-state index in [9.17, 15) is 4.79 Å². The van der Waals surface area contributed by atoms with Crippen LogP contribution in [0.5, 0.6) is 23.0 Å². The van der Waals surface area contributed by atoms with Crippen molar-refractivity contribution < 1.29 is 23.7 Å². The molecule has 2 aromatic carbocycles. The molecule has 2 atom stereocenters. The van der Waals surface area contributed by atoms with Crippen molar-refractivity contribution in [2.45, 2.75) is 11.5 Å². The van der Waals surface area contributed by atoms with Gasteiger partial charge in [-0.25, -0.2) is 0 Å². The van der Waals surface area contributed by atoms with E-state index in [0.717, 1.165) is 28.6 Å². The summed E-state index contributed by atoms with van der Waals surface area (Å²) in [4.78, 5) is 14.4. The first-order valence-corrected chi connectivity index (χ1v) is 10.0. The zero-order valence-electron chi connectivity index (χ0n) is 14.6. The second-order valence-corrected chi connectivity index (χ2v) is 7.68. The highest BCUT2D eigenvalue weighted by Gasteiger charge is 2.36. The molecule has 2 unspecified atom stereocenters. The molecule has 1 amide bonds. The standard InChI is InChI=1S/C20H19NO5S/c22-19-12-27-20(13-5-6-16-18(9-13)24-8-7-23-16)21(19)10-14-11-25-15-3-1-2-4-17(15)26-14/h1-6,9,14,20H,7-8,10-12H2. The van der Waals surface area contributed by atoms with Crippen LogP contribution in [0.3, 0.4) is 0 Å². The van der Waals surface area contributed by atoms with Gasteiger partial charge in [-0.1, -0.05) is 18.2 Å². The molecule has 0 saturated carbocycles. The SMILES string of the molecule is O=C1CSC(c2ccc3c(c2)OCCO3)N1CC1COc2ccccc2O1. The van der Waals surface area contributed by atoms with Crippen LogP contribution in [-0.4, -0.2) is 49.0 Å². The van der Waals surface area contributed by atoms with Crippen molar-refractivity contribution in [2.75, 3.05) is 32.1 Å². The lowest BCUT2D eigenvalue weighted by Crippen LogP contribution is -2.42. The Hall–Kier alpha value is -2.54. The molecule has 0 spiro atoms. The van der Waals surface area contributed by atoms with Crippen LogP contribution < -0.4 is 18.9 Å². The molecule has 0 aromatic heterocycles. The molecule has 1 fully saturated rings. The molecule has 3 aliphatic rings. The number of ether oxygens (including phenoxy) is 4. The maximum atomic E-state index is 12.5. The fourth-order valence-electron chi connectivity index (χ4n) is 3.51. The van der Waals surface area contributed by atoms with E-state index in [2.05, 4.69) is 0 Å². The molecule has 2 aromatic rings. The number of carbonyl (C=O) groups excluding carboxylic acids is 1. The van der Waals surface area contributed by atoms with Gasteiger partial charge in [0.15, 0.2) is 29.1 Å². The van der Waals surface area contributed by atoms with Crippen molar-refractivity contribution in [1.82, 2.24) is 4.90 Å². The van der Waals surface area contributed by atoms with E-state index in [1.165, 1.54) is 0 Å². The van der Waals surface area contributed by atoms with E-state index in [1.54, 1.807) is 11.8 Å². The van der Waals surface area contributed by atoms with Crippen molar-refractivity contribution in [3.8, 4) is 23.0 Å². The van der Waals surface area contributed by atoms with E-state index < -0.39 is 0 Å². The predicted octanol–water partition coefficient (Wildman–Crippen LogP) is 2.87. The molecule has 0 aliphatic carbocycles. The van der Waals surface area contributed by atoms with Gasteiger partial charge in [-0.3, -0.25) is 4.79 Å². The molecule has 5 rings (SSSR count). The lowest BCUT2D eigenvalue weighted by Gasteiger charge is -2.32. The van der Waals surface area contributed by atoms with Crippen LogP contribution in [0.4, 0.5) is 0 Å². The van der Waals surface area contributed by atoms with Crippen LogP contribution in [0.15, 0.2) is 42.5 Å². The number of hydrogen-bond acceptors (Lipinski definition) is 6. The van der Waals surface area contributed by atoms with Crippen LogP contribution in [0.1, 0.15) is 10.9 Å². The predicted molar refractivity (Wildman–Crippen MR) is 101 cm³/mol. The van der Waals surface area contributed by atoms with E-state index in [4.69, 9.17) is 18.9 Å². The summed E-state index contributed by atoms with van der Waals surface area (Å²) in [5.41, 5.74) is 1.03. The minimum atomic E-state index is -0.192. The lowest BCUT2D eigenvalue weighted by atomic mass is 10.1. The summed E-state index contributed by atoms with van der Waals surface area (Å²) in [5.74, 6) is 3.55. The van der Waals surface area contributed by atoms with E-state index in [-0.39, 0.29) is 17.4 Å². The van der Waals surface area contributed by atoms with Gasteiger partial charge in [0.2, 0.25) is 5.91 Å². The van der Waals surface area contributed by atoms with Crippen LogP contribution in [0.2, 0.25) is 0 Å². The number of benzene rings is 2. The van der Waals surface area contributed by atoms with E-state index in [1.807, 2.05) is 47.4 Å². The van der Waals surface area contributed by atoms with Crippen molar-refractivity contribution in [2.24, 2.45) is 0 Å². The third-order valence-electron chi connectivity index (χ3n) is 4.79. The van der Waals surface area contributed by atoms with Gasteiger partial charge in [-0.15, -0.1) is 11.8 Å². The highest BCUT2D eigenvalue weighted by atomic mass is 32.2. The Morgan fingerprint density at radius 1 is 0.963 bits per heavy atom. The van der Waals surface area contributed by atoms with Gasteiger partial charge in [0.05, 0.1) is 12.3 Å². The van der Waals surface area contributed by atoms with Gasteiger partial charge in [0, 0.05) is 0 Å². The van der Waals surface area contributed by atoms with Gasteiger partial charge in [0.25, 0.3) is 0 Å². The molecule has 6 nitrogen and oxygen atoms in total. The Labute approximate surface area is 161 Å². The number of thioether (sulfide) groups is 1. The normalized spacial score (nSPS) is 23.4. The summed E-state index contributed by atoms with van der Waals surface area (Å²) in [6.07, 6.45) is -0.192. The number of rotatable bonds is 3. The molecule has 1 saturated heterocycles. The van der Waals surface area contributed by atoms with Crippen molar-refractivity contribution in [3.63, 3.8) is 0 Å². The van der Waals surface area contributed by atoms with Crippen LogP contribution in [-0.2, 0) is 4.79 Å². The largest absolute Gasteiger partial charge is 0.486 e. The van der Waals surface area contributed by atoms with Crippen molar-refractivity contribution >= 4 is 17.7 Å². The number of fused-ring (bicyclic) bond motifs is 2. The minimum Gasteiger partial charge on any atom is -0.486 e. The Kier molecular flexibility index (Phi) is 4.24. The smallest absolute Gasteiger partial charge is 0.233 e. The third kappa shape index (κ3) is 3.16. The van der Waals surface area contributed by atoms with Crippen LogP contribution in [0.25, 0.3) is 0 Å². The zero-order chi connectivity index (χ0) is 18.2. The molecule has 3 heterocycles. The highest BCUT2D eigenvalue weighted by molar-refractivity contribution is 8.00. The second kappa shape index (κ2) is 6.88. The fourth-order valence-corrected chi connectivity index (χ4v) is 4.70. The third-order valence-corrected chi connectivity index (χ3v) is 6.04. The first kappa shape index (κ1) is 16.6. The number of carbonyl (C=O) groups is 1. The quantitative estimate of drug-likeness (QED) is 0.810. The van der Waals surface area contributed by atoms with Gasteiger partial charge in [-0.05, 0) is 29.8 Å². The summed E-state index contributed by atoms with van der Waals surface area (Å²) in [5, 5.41) is -0.0610. The van der Waals surface area contributed by atoms with Crippen molar-refractivity contribution in [1.29, 1.82) is 0 Å². The molecule has 0 N–H and O–H groups in total. The monoisotopic (exact) mass is 385 g/mol. The average molecular weight is 385 g/mol. The topological polar surface area (TPSA) is 57.2 Å². The molecular formula is C20H19NO5S. The molecule has 27 heavy (non-hydrogen) atoms. The summed E-state index contributed by atoms with van der Waals surface area (Å²) in [7, 11) is 0. The highest BCUT2D eigenvalue weighted by Crippen LogP contribution is 2.42. The molecule has 7 heteroatoms. The molecule has 140 valence electrons. The second-order valence-electron chi connectivity index (χ2n) is 6.61. The van der Waals surface area contributed by atoms with E-state index >= 15 is 0 Å². The van der Waals surface area contributed by atoms with Gasteiger partial charge < -0.3 is 23.8 Å². The molecular weight excluding hydrogens is 366 g/mol. The van der Waals surface area contributed by atoms with Crippen molar-refractivity contribution in [3.05, 3.63) is 48.0 Å². The number of nitrogens with zero attached hydrogens (tertiary/aromatic N) is 1. The van der Waals surface area contributed by atoms with Gasteiger partial charge >= 0.3 is 0 Å². The van der Waals surface area contributed by atoms with Crippen LogP contribution >= 0.6 is 11.8 Å². The number of para-hydroxylation sites is 2.